The van der Waals surface area contributed by atoms with Crippen molar-refractivity contribution in [2.45, 2.75) is 26.3 Å². The molecule has 0 aromatic heterocycles. The number of nitrogens with one attached hydrogen (secondary N) is 1. The van der Waals surface area contributed by atoms with Crippen molar-refractivity contribution < 1.29 is 9.53 Å². The number of allylic oxidation sites excluding steroid dienone is 1. The minimum Gasteiger partial charge on any atom is -0.465 e. The van der Waals surface area contributed by atoms with Crippen LogP contribution >= 0.6 is 15.9 Å². The van der Waals surface area contributed by atoms with Gasteiger partial charge in [0.05, 0.1) is 18.2 Å². The number of fused-ring (bicyclic) bond motifs is 1. The van der Waals surface area contributed by atoms with E-state index in [1.807, 2.05) is 12.1 Å². The summed E-state index contributed by atoms with van der Waals surface area (Å²) < 4.78 is 5.53. The van der Waals surface area contributed by atoms with E-state index in [9.17, 15) is 4.79 Å². The van der Waals surface area contributed by atoms with Crippen LogP contribution in [-0.4, -0.2) is 18.6 Å². The van der Waals surface area contributed by atoms with Crippen molar-refractivity contribution in [2.75, 3.05) is 12.4 Å². The molecule has 0 fully saturated rings. The zero-order chi connectivity index (χ0) is 13.5. The van der Waals surface area contributed by atoms with Gasteiger partial charge in [-0.1, -0.05) is 6.08 Å². The highest BCUT2D eigenvalue weighted by Crippen LogP contribution is 2.37. The first-order valence-corrected chi connectivity index (χ1v) is 6.53. The molecule has 0 atom stereocenters. The third-order valence-electron chi connectivity index (χ3n) is 2.97. The van der Waals surface area contributed by atoms with E-state index >= 15 is 0 Å². The lowest BCUT2D eigenvalue weighted by molar-refractivity contribution is 0.0599. The Labute approximate surface area is 115 Å². The normalized spacial score (nSPS) is 16.4. The molecule has 4 heteroatoms. The summed E-state index contributed by atoms with van der Waals surface area (Å²) in [6.45, 7) is 6.27. The summed E-state index contributed by atoms with van der Waals surface area (Å²) >= 11 is 3.42. The van der Waals surface area contributed by atoms with E-state index < -0.39 is 0 Å². The van der Waals surface area contributed by atoms with E-state index in [1.54, 1.807) is 0 Å². The minimum absolute atomic E-state index is 0.113. The Balaban J connectivity index is 2.57. The lowest BCUT2D eigenvalue weighted by atomic mass is 9.90. The van der Waals surface area contributed by atoms with E-state index in [0.29, 0.717) is 5.56 Å². The van der Waals surface area contributed by atoms with E-state index in [2.05, 4.69) is 48.1 Å². The van der Waals surface area contributed by atoms with Crippen LogP contribution in [0.4, 0.5) is 5.69 Å². The van der Waals surface area contributed by atoms with Gasteiger partial charge in [0.1, 0.15) is 0 Å². The second-order valence-electron chi connectivity index (χ2n) is 5.04. The van der Waals surface area contributed by atoms with Crippen molar-refractivity contribution in [1.82, 2.24) is 0 Å². The highest BCUT2D eigenvalue weighted by molar-refractivity contribution is 9.10. The summed E-state index contributed by atoms with van der Waals surface area (Å²) in [4.78, 5) is 11.7. The van der Waals surface area contributed by atoms with Crippen LogP contribution in [0.5, 0.6) is 0 Å². The number of carbonyl (C=O) groups excluding carboxylic acids is 1. The number of esters is 1. The first-order valence-electron chi connectivity index (χ1n) is 5.74. The van der Waals surface area contributed by atoms with Crippen LogP contribution < -0.4 is 5.32 Å². The highest BCUT2D eigenvalue weighted by Gasteiger charge is 2.24. The summed E-state index contributed by atoms with van der Waals surface area (Å²) in [6, 6.07) is 3.79. The largest absolute Gasteiger partial charge is 0.465 e. The molecule has 0 radical (unpaired) electrons. The van der Waals surface area contributed by atoms with Gasteiger partial charge in [0.2, 0.25) is 0 Å². The van der Waals surface area contributed by atoms with Crippen molar-refractivity contribution in [1.29, 1.82) is 0 Å². The molecule has 2 rings (SSSR count). The Bertz CT molecular complexity index is 547. The summed E-state index contributed by atoms with van der Waals surface area (Å²) in [5.41, 5.74) is 3.69. The van der Waals surface area contributed by atoms with Crippen molar-refractivity contribution in [2.24, 2.45) is 0 Å². The Kier molecular flexibility index (Phi) is 3.23. The molecular weight excluding hydrogens is 294 g/mol. The monoisotopic (exact) mass is 309 g/mol. The molecule has 0 spiro atoms. The number of rotatable bonds is 1. The molecule has 96 valence electrons. The Morgan fingerprint density at radius 2 is 2.06 bits per heavy atom. The number of hydrogen-bond acceptors (Lipinski definition) is 3. The van der Waals surface area contributed by atoms with Gasteiger partial charge < -0.3 is 10.1 Å². The SMILES string of the molecule is COC(=O)c1cc2c(cc1Br)C(C)=CC(C)(C)N2. The highest BCUT2D eigenvalue weighted by atomic mass is 79.9. The van der Waals surface area contributed by atoms with E-state index in [1.165, 1.54) is 12.7 Å². The lowest BCUT2D eigenvalue weighted by Gasteiger charge is -2.31. The quantitative estimate of drug-likeness (QED) is 0.801. The van der Waals surface area contributed by atoms with Gasteiger partial charge in [-0.2, -0.15) is 0 Å². The van der Waals surface area contributed by atoms with Crippen LogP contribution in [-0.2, 0) is 4.74 Å². The second-order valence-corrected chi connectivity index (χ2v) is 5.90. The molecule has 0 aliphatic carbocycles. The second kappa shape index (κ2) is 4.43. The molecule has 0 saturated carbocycles. The average molecular weight is 310 g/mol. The van der Waals surface area contributed by atoms with Crippen LogP contribution in [0.1, 0.15) is 36.7 Å². The third kappa shape index (κ3) is 2.29. The molecular formula is C14H16BrNO2. The summed E-state index contributed by atoms with van der Waals surface area (Å²) in [5, 5.41) is 3.41. The van der Waals surface area contributed by atoms with Crippen molar-refractivity contribution in [3.8, 4) is 0 Å². The zero-order valence-corrected chi connectivity index (χ0v) is 12.5. The summed E-state index contributed by atoms with van der Waals surface area (Å²) in [6.07, 6.45) is 2.18. The number of benzene rings is 1. The van der Waals surface area contributed by atoms with Gasteiger partial charge >= 0.3 is 5.97 Å². The molecule has 0 saturated heterocycles. The smallest absolute Gasteiger partial charge is 0.339 e. The van der Waals surface area contributed by atoms with Gasteiger partial charge in [0.15, 0.2) is 0 Å². The Hall–Kier alpha value is -1.29. The van der Waals surface area contributed by atoms with Gasteiger partial charge in [-0.3, -0.25) is 0 Å². The molecule has 1 aliphatic heterocycles. The molecule has 1 aromatic carbocycles. The van der Waals surface area contributed by atoms with E-state index in [0.717, 1.165) is 15.7 Å². The standard InChI is InChI=1S/C14H16BrNO2/c1-8-7-14(2,3)16-12-6-10(13(17)18-4)11(15)5-9(8)12/h5-7,16H,1-4H3. The molecule has 0 bridgehead atoms. The minimum atomic E-state index is -0.337. The van der Waals surface area contributed by atoms with Gasteiger partial charge in [0, 0.05) is 15.7 Å². The number of ether oxygens (including phenoxy) is 1. The Morgan fingerprint density at radius 3 is 2.67 bits per heavy atom. The Morgan fingerprint density at radius 1 is 1.39 bits per heavy atom. The number of halogens is 1. The van der Waals surface area contributed by atoms with Crippen LogP contribution in [0.3, 0.4) is 0 Å². The number of methoxy groups -OCH3 is 1. The van der Waals surface area contributed by atoms with Crippen molar-refractivity contribution in [3.63, 3.8) is 0 Å². The molecule has 18 heavy (non-hydrogen) atoms. The first kappa shape index (κ1) is 13.1. The molecule has 0 unspecified atom stereocenters. The fraction of sp³-hybridized carbons (Fsp3) is 0.357. The molecule has 1 aliphatic rings. The van der Waals surface area contributed by atoms with E-state index in [4.69, 9.17) is 4.74 Å². The number of carbonyl (C=O) groups is 1. The van der Waals surface area contributed by atoms with Crippen molar-refractivity contribution >= 4 is 33.2 Å². The fourth-order valence-corrected chi connectivity index (χ4v) is 2.78. The molecule has 3 nitrogen and oxygen atoms in total. The van der Waals surface area contributed by atoms with Crippen LogP contribution in [0, 0.1) is 0 Å². The zero-order valence-electron chi connectivity index (χ0n) is 10.9. The van der Waals surface area contributed by atoms with Crippen molar-refractivity contribution in [3.05, 3.63) is 33.8 Å². The van der Waals surface area contributed by atoms with Gasteiger partial charge in [-0.15, -0.1) is 0 Å². The van der Waals surface area contributed by atoms with Crippen LogP contribution in [0.2, 0.25) is 0 Å². The maximum absolute atomic E-state index is 11.7. The number of hydrogen-bond donors (Lipinski definition) is 1. The van der Waals surface area contributed by atoms with Crippen LogP contribution in [0.25, 0.3) is 5.57 Å². The maximum Gasteiger partial charge on any atom is 0.339 e. The topological polar surface area (TPSA) is 38.3 Å². The molecule has 1 N–H and O–H groups in total. The lowest BCUT2D eigenvalue weighted by Crippen LogP contribution is -2.31. The maximum atomic E-state index is 11.7. The van der Waals surface area contributed by atoms with E-state index in [-0.39, 0.29) is 11.5 Å². The predicted molar refractivity (Wildman–Crippen MR) is 76.8 cm³/mol. The van der Waals surface area contributed by atoms with Crippen LogP contribution in [0.15, 0.2) is 22.7 Å². The molecule has 1 heterocycles. The predicted octanol–water partition coefficient (Wildman–Crippen LogP) is 3.84. The molecule has 0 amide bonds. The fourth-order valence-electron chi connectivity index (χ4n) is 2.27. The summed E-state index contributed by atoms with van der Waals surface area (Å²) in [5.74, 6) is -0.337. The average Bonchev–Trinajstić information content (AvgIpc) is 2.27. The number of anilines is 1. The van der Waals surface area contributed by atoms with Gasteiger partial charge in [-0.25, -0.2) is 4.79 Å². The summed E-state index contributed by atoms with van der Waals surface area (Å²) in [7, 11) is 1.39. The third-order valence-corrected chi connectivity index (χ3v) is 3.63. The van der Waals surface area contributed by atoms with Gasteiger partial charge in [0.25, 0.3) is 0 Å². The van der Waals surface area contributed by atoms with Gasteiger partial charge in [-0.05, 0) is 54.4 Å². The molecule has 1 aromatic rings. The first-order chi connectivity index (χ1) is 8.34.